The largest absolute Gasteiger partial charge is 0.444 e. The number of nitrogens with zero attached hydrogens (tertiary/aromatic N) is 2. The summed E-state index contributed by atoms with van der Waals surface area (Å²) in [6, 6.07) is 6.45. The molecule has 27 heavy (non-hydrogen) atoms. The molecule has 1 fully saturated rings. The molecule has 3 amide bonds. The van der Waals surface area contributed by atoms with Gasteiger partial charge >= 0.3 is 12.1 Å². The Labute approximate surface area is 157 Å². The van der Waals surface area contributed by atoms with E-state index in [4.69, 9.17) is 9.57 Å². The van der Waals surface area contributed by atoms with Gasteiger partial charge in [0.25, 0.3) is 11.8 Å². The highest BCUT2D eigenvalue weighted by atomic mass is 16.7. The molecule has 0 aliphatic carbocycles. The molecule has 8 heteroatoms. The van der Waals surface area contributed by atoms with Gasteiger partial charge in [-0.2, -0.15) is 0 Å². The molecule has 144 valence electrons. The van der Waals surface area contributed by atoms with Crippen LogP contribution in [0.15, 0.2) is 24.3 Å². The van der Waals surface area contributed by atoms with Crippen molar-refractivity contribution in [1.82, 2.24) is 9.96 Å². The lowest BCUT2D eigenvalue weighted by atomic mass is 9.94. The normalized spacial score (nSPS) is 19.7. The van der Waals surface area contributed by atoms with E-state index in [0.29, 0.717) is 5.06 Å². The van der Waals surface area contributed by atoms with Gasteiger partial charge in [0, 0.05) is 19.3 Å². The van der Waals surface area contributed by atoms with E-state index >= 15 is 0 Å². The zero-order chi connectivity index (χ0) is 19.8. The first-order valence-electron chi connectivity index (χ1n) is 8.80. The van der Waals surface area contributed by atoms with Gasteiger partial charge in [-0.15, -0.1) is 5.06 Å². The number of hydrogen-bond acceptors (Lipinski definition) is 6. The number of amides is 3. The minimum Gasteiger partial charge on any atom is -0.444 e. The number of carbonyl (C=O) groups excluding carboxylic acids is 4. The first kappa shape index (κ1) is 18.9. The molecule has 8 nitrogen and oxygen atoms in total. The van der Waals surface area contributed by atoms with Crippen molar-refractivity contribution in [2.75, 3.05) is 0 Å². The lowest BCUT2D eigenvalue weighted by molar-refractivity contribution is -0.201. The third-order valence-electron chi connectivity index (χ3n) is 4.34. The van der Waals surface area contributed by atoms with E-state index in [-0.39, 0.29) is 25.8 Å². The number of hydroxylamine groups is 2. The molecule has 2 aliphatic rings. The van der Waals surface area contributed by atoms with E-state index in [1.165, 1.54) is 4.90 Å². The first-order valence-corrected chi connectivity index (χ1v) is 8.80. The maximum absolute atomic E-state index is 12.7. The van der Waals surface area contributed by atoms with Crippen molar-refractivity contribution < 1.29 is 28.8 Å². The van der Waals surface area contributed by atoms with Crippen LogP contribution < -0.4 is 0 Å². The van der Waals surface area contributed by atoms with Gasteiger partial charge in [0.2, 0.25) is 0 Å². The summed E-state index contributed by atoms with van der Waals surface area (Å²) >= 11 is 0. The van der Waals surface area contributed by atoms with Crippen LogP contribution in [0.4, 0.5) is 4.79 Å². The second-order valence-electron chi connectivity index (χ2n) is 7.59. The average Bonchev–Trinajstić information content (AvgIpc) is 2.91. The number of rotatable bonds is 2. The van der Waals surface area contributed by atoms with E-state index in [0.717, 1.165) is 11.1 Å². The molecule has 0 radical (unpaired) electrons. The number of hydrogen-bond donors (Lipinski definition) is 0. The molecule has 0 aromatic heterocycles. The van der Waals surface area contributed by atoms with Crippen LogP contribution in [0.3, 0.4) is 0 Å². The van der Waals surface area contributed by atoms with Crippen LogP contribution in [0.2, 0.25) is 0 Å². The van der Waals surface area contributed by atoms with Crippen molar-refractivity contribution in [1.29, 1.82) is 0 Å². The van der Waals surface area contributed by atoms with Gasteiger partial charge in [-0.05, 0) is 31.9 Å². The molecular weight excluding hydrogens is 352 g/mol. The topological polar surface area (TPSA) is 93.2 Å². The van der Waals surface area contributed by atoms with Crippen molar-refractivity contribution in [3.63, 3.8) is 0 Å². The lowest BCUT2D eigenvalue weighted by Crippen LogP contribution is -2.52. The molecule has 0 bridgehead atoms. The van der Waals surface area contributed by atoms with E-state index in [2.05, 4.69) is 0 Å². The number of ether oxygens (including phenoxy) is 1. The smallest absolute Gasteiger partial charge is 0.411 e. The Morgan fingerprint density at radius 2 is 1.63 bits per heavy atom. The second kappa shape index (κ2) is 7.02. The highest BCUT2D eigenvalue weighted by Crippen LogP contribution is 2.26. The molecule has 1 aromatic carbocycles. The maximum atomic E-state index is 12.7. The van der Waals surface area contributed by atoms with Crippen LogP contribution in [0.25, 0.3) is 0 Å². The molecule has 0 spiro atoms. The molecule has 0 saturated carbocycles. The summed E-state index contributed by atoms with van der Waals surface area (Å²) in [5, 5.41) is 0.496. The van der Waals surface area contributed by atoms with Gasteiger partial charge in [0.1, 0.15) is 11.6 Å². The summed E-state index contributed by atoms with van der Waals surface area (Å²) in [5.74, 6) is -1.96. The van der Waals surface area contributed by atoms with Crippen molar-refractivity contribution in [3.05, 3.63) is 35.4 Å². The highest BCUT2D eigenvalue weighted by Gasteiger charge is 2.41. The van der Waals surface area contributed by atoms with Crippen molar-refractivity contribution in [2.24, 2.45) is 0 Å². The van der Waals surface area contributed by atoms with Crippen LogP contribution in [0, 0.1) is 0 Å². The highest BCUT2D eigenvalue weighted by molar-refractivity contribution is 6.02. The van der Waals surface area contributed by atoms with E-state index in [1.807, 2.05) is 24.3 Å². The second-order valence-corrected chi connectivity index (χ2v) is 7.59. The van der Waals surface area contributed by atoms with Crippen LogP contribution in [0.5, 0.6) is 0 Å². The Morgan fingerprint density at radius 1 is 1.04 bits per heavy atom. The van der Waals surface area contributed by atoms with E-state index in [9.17, 15) is 19.2 Å². The molecule has 0 N–H and O–H groups in total. The van der Waals surface area contributed by atoms with Crippen LogP contribution in [0.1, 0.15) is 44.7 Å². The molecule has 0 unspecified atom stereocenters. The minimum absolute atomic E-state index is 0.00932. The van der Waals surface area contributed by atoms with Gasteiger partial charge in [0.15, 0.2) is 0 Å². The summed E-state index contributed by atoms with van der Waals surface area (Å²) in [4.78, 5) is 55.1. The summed E-state index contributed by atoms with van der Waals surface area (Å²) < 4.78 is 5.42. The number of imide groups is 1. The quantitative estimate of drug-likeness (QED) is 0.735. The summed E-state index contributed by atoms with van der Waals surface area (Å²) in [7, 11) is 0. The predicted molar refractivity (Wildman–Crippen MR) is 92.9 cm³/mol. The van der Waals surface area contributed by atoms with Gasteiger partial charge in [-0.25, -0.2) is 9.59 Å². The van der Waals surface area contributed by atoms with Gasteiger partial charge in [-0.3, -0.25) is 14.5 Å². The summed E-state index contributed by atoms with van der Waals surface area (Å²) in [6.45, 7) is 5.37. The van der Waals surface area contributed by atoms with Crippen LogP contribution >= 0.6 is 0 Å². The predicted octanol–water partition coefficient (Wildman–Crippen LogP) is 1.96. The monoisotopic (exact) mass is 374 g/mol. The van der Waals surface area contributed by atoms with Gasteiger partial charge < -0.3 is 9.57 Å². The van der Waals surface area contributed by atoms with Crippen molar-refractivity contribution in [3.8, 4) is 0 Å². The van der Waals surface area contributed by atoms with Gasteiger partial charge in [-0.1, -0.05) is 24.3 Å². The fraction of sp³-hybridized carbons (Fsp3) is 0.474. The van der Waals surface area contributed by atoms with Crippen molar-refractivity contribution in [2.45, 2.75) is 58.2 Å². The Balaban J connectivity index is 1.84. The Bertz CT molecular complexity index is 782. The molecule has 1 atom stereocenters. The molecule has 3 rings (SSSR count). The Morgan fingerprint density at radius 3 is 2.22 bits per heavy atom. The fourth-order valence-corrected chi connectivity index (χ4v) is 3.05. The third kappa shape index (κ3) is 4.10. The molecule has 2 aliphatic heterocycles. The van der Waals surface area contributed by atoms with E-state index in [1.54, 1.807) is 20.8 Å². The number of fused-ring (bicyclic) bond motifs is 1. The molecule has 1 aromatic rings. The number of carbonyl (C=O) groups is 4. The third-order valence-corrected chi connectivity index (χ3v) is 4.34. The lowest BCUT2D eigenvalue weighted by Gasteiger charge is -2.36. The zero-order valence-electron chi connectivity index (χ0n) is 15.6. The zero-order valence-corrected chi connectivity index (χ0v) is 15.6. The van der Waals surface area contributed by atoms with Gasteiger partial charge in [0.05, 0.1) is 6.54 Å². The molecular formula is C19H22N2O6. The number of benzene rings is 1. The Hall–Kier alpha value is -2.90. The van der Waals surface area contributed by atoms with Crippen LogP contribution in [-0.4, -0.2) is 45.5 Å². The minimum atomic E-state index is -0.990. The summed E-state index contributed by atoms with van der Waals surface area (Å²) in [6.07, 6.45) is -0.423. The Kier molecular flexibility index (Phi) is 4.91. The standard InChI is InChI=1S/C19H22N2O6/c1-19(2,3)26-18(25)20-11-13-7-5-4-6-12(13)10-14(20)17(24)27-21-15(22)8-9-16(21)23/h4-7,14H,8-11H2,1-3H3/t14-/m0/s1. The van der Waals surface area contributed by atoms with Crippen molar-refractivity contribution >= 4 is 23.9 Å². The summed E-state index contributed by atoms with van der Waals surface area (Å²) in [5.41, 5.74) is 1.07. The first-order chi connectivity index (χ1) is 12.7. The maximum Gasteiger partial charge on any atom is 0.411 e. The average molecular weight is 374 g/mol. The van der Waals surface area contributed by atoms with E-state index < -0.39 is 35.5 Å². The fourth-order valence-electron chi connectivity index (χ4n) is 3.05. The van der Waals surface area contributed by atoms with Crippen LogP contribution in [-0.2, 0) is 36.9 Å². The SMILES string of the molecule is CC(C)(C)OC(=O)N1Cc2ccccc2C[C@H]1C(=O)ON1C(=O)CCC1=O. The molecule has 2 heterocycles. The molecule has 1 saturated heterocycles.